The average Bonchev–Trinajstić information content (AvgIpc) is 2.85. The number of carbonyl (C=O) groups is 1. The normalized spacial score (nSPS) is 30.2. The number of carbonyl (C=O) groups excluding carboxylic acids is 1. The van der Waals surface area contributed by atoms with E-state index in [4.69, 9.17) is 9.84 Å². The molecule has 132 valence electrons. The highest BCUT2D eigenvalue weighted by Gasteiger charge is 2.46. The van der Waals surface area contributed by atoms with Crippen LogP contribution in [-0.2, 0) is 11.3 Å². The predicted molar refractivity (Wildman–Crippen MR) is 93.3 cm³/mol. The van der Waals surface area contributed by atoms with Gasteiger partial charge in [0.05, 0.1) is 6.61 Å². The van der Waals surface area contributed by atoms with Gasteiger partial charge in [-0.15, -0.1) is 0 Å². The summed E-state index contributed by atoms with van der Waals surface area (Å²) < 4.78 is 7.54. The third kappa shape index (κ3) is 2.68. The first-order chi connectivity index (χ1) is 11.7. The lowest BCUT2D eigenvalue weighted by Crippen LogP contribution is -2.27. The molecule has 0 amide bonds. The summed E-state index contributed by atoms with van der Waals surface area (Å²) in [5.41, 5.74) is 3.32. The van der Waals surface area contributed by atoms with Crippen molar-refractivity contribution in [1.82, 2.24) is 9.78 Å². The Labute approximate surface area is 145 Å². The Morgan fingerprint density at radius 2 is 1.79 bits per heavy atom. The van der Waals surface area contributed by atoms with Crippen molar-refractivity contribution in [3.63, 3.8) is 0 Å². The molecule has 4 bridgehead atoms. The van der Waals surface area contributed by atoms with Crippen molar-refractivity contribution >= 4 is 5.97 Å². The molecule has 4 heteroatoms. The number of aryl methyl sites for hydroxylation is 1. The average molecular weight is 330 g/mol. The monoisotopic (exact) mass is 330 g/mol. The first kappa shape index (κ1) is 16.2. The van der Waals surface area contributed by atoms with E-state index in [-0.39, 0.29) is 5.97 Å². The number of esters is 1. The minimum absolute atomic E-state index is 0.204. The second-order valence-electron chi connectivity index (χ2n) is 8.10. The SMILES string of the molecule is CCCCCn1nc(C(=O)OCC)c2c1C1CC3CC(CC2C3)C1. The van der Waals surface area contributed by atoms with Crippen LogP contribution < -0.4 is 0 Å². The molecular weight excluding hydrogens is 300 g/mol. The van der Waals surface area contributed by atoms with E-state index >= 15 is 0 Å². The molecule has 0 aromatic carbocycles. The Kier molecular flexibility index (Phi) is 4.40. The Hall–Kier alpha value is -1.32. The highest BCUT2D eigenvalue weighted by molar-refractivity contribution is 5.89. The zero-order chi connectivity index (χ0) is 16.7. The van der Waals surface area contributed by atoms with Crippen molar-refractivity contribution in [3.05, 3.63) is 17.0 Å². The molecule has 0 saturated heterocycles. The summed E-state index contributed by atoms with van der Waals surface area (Å²) in [6.07, 6.45) is 10.1. The summed E-state index contributed by atoms with van der Waals surface area (Å²) >= 11 is 0. The second-order valence-corrected chi connectivity index (χ2v) is 8.10. The van der Waals surface area contributed by atoms with Crippen LogP contribution in [0.3, 0.4) is 0 Å². The summed E-state index contributed by atoms with van der Waals surface area (Å²) in [7, 11) is 0. The molecule has 5 rings (SSSR count). The first-order valence-corrected chi connectivity index (χ1v) is 9.98. The Morgan fingerprint density at radius 1 is 1.08 bits per heavy atom. The van der Waals surface area contributed by atoms with Gasteiger partial charge in [-0.1, -0.05) is 19.8 Å². The number of nitrogens with zero attached hydrogens (tertiary/aromatic N) is 2. The van der Waals surface area contributed by atoms with Crippen LogP contribution in [0.15, 0.2) is 0 Å². The van der Waals surface area contributed by atoms with Crippen molar-refractivity contribution in [2.45, 2.75) is 83.6 Å². The molecule has 24 heavy (non-hydrogen) atoms. The van der Waals surface area contributed by atoms with Crippen molar-refractivity contribution in [2.75, 3.05) is 6.61 Å². The quantitative estimate of drug-likeness (QED) is 0.564. The molecule has 0 spiro atoms. The summed E-state index contributed by atoms with van der Waals surface area (Å²) in [6.45, 7) is 5.49. The number of hydrogen-bond donors (Lipinski definition) is 0. The van der Waals surface area contributed by atoms with Crippen LogP contribution in [0.5, 0.6) is 0 Å². The molecule has 2 saturated carbocycles. The Balaban J connectivity index is 1.75. The number of rotatable bonds is 6. The van der Waals surface area contributed by atoms with Crippen molar-refractivity contribution in [3.8, 4) is 0 Å². The van der Waals surface area contributed by atoms with Gasteiger partial charge >= 0.3 is 5.97 Å². The molecule has 2 unspecified atom stereocenters. The molecule has 4 aliphatic rings. The van der Waals surface area contributed by atoms with Gasteiger partial charge in [-0.3, -0.25) is 4.68 Å². The number of unbranched alkanes of at least 4 members (excludes halogenated alkanes) is 2. The van der Waals surface area contributed by atoms with Crippen LogP contribution in [0, 0.1) is 11.8 Å². The lowest BCUT2D eigenvalue weighted by Gasteiger charge is -2.38. The fourth-order valence-electron chi connectivity index (χ4n) is 5.66. The molecular formula is C20H30N2O2. The second kappa shape index (κ2) is 6.53. The number of aromatic nitrogens is 2. The predicted octanol–water partition coefficient (Wildman–Crippen LogP) is 4.64. The molecule has 0 radical (unpaired) electrons. The number of hydrogen-bond acceptors (Lipinski definition) is 3. The highest BCUT2D eigenvalue weighted by atomic mass is 16.5. The Bertz CT molecular complexity index is 607. The Morgan fingerprint density at radius 3 is 2.46 bits per heavy atom. The largest absolute Gasteiger partial charge is 0.461 e. The van der Waals surface area contributed by atoms with Crippen LogP contribution >= 0.6 is 0 Å². The standard InChI is InChI=1S/C20H30N2O2/c1-3-5-6-7-22-19-16-11-13-8-14(12-16)10-15(9-13)17(19)18(21-22)20(23)24-4-2/h13-16H,3-12H2,1-2H3. The van der Waals surface area contributed by atoms with Crippen molar-refractivity contribution < 1.29 is 9.53 Å². The van der Waals surface area contributed by atoms with Crippen LogP contribution in [-0.4, -0.2) is 22.4 Å². The summed E-state index contributed by atoms with van der Waals surface area (Å²) in [5, 5.41) is 4.79. The third-order valence-corrected chi connectivity index (χ3v) is 6.41. The molecule has 1 aromatic heterocycles. The van der Waals surface area contributed by atoms with E-state index in [0.29, 0.717) is 24.1 Å². The third-order valence-electron chi connectivity index (χ3n) is 6.41. The zero-order valence-electron chi connectivity index (χ0n) is 15.1. The van der Waals surface area contributed by atoms with Gasteiger partial charge < -0.3 is 4.74 Å². The molecule has 0 N–H and O–H groups in total. The molecule has 1 aromatic rings. The van der Waals surface area contributed by atoms with E-state index in [2.05, 4.69) is 11.6 Å². The van der Waals surface area contributed by atoms with E-state index in [1.165, 1.54) is 56.2 Å². The zero-order valence-corrected chi connectivity index (χ0v) is 15.1. The van der Waals surface area contributed by atoms with E-state index in [9.17, 15) is 4.79 Å². The van der Waals surface area contributed by atoms with Gasteiger partial charge in [0, 0.05) is 23.7 Å². The van der Waals surface area contributed by atoms with Crippen LogP contribution in [0.1, 0.15) is 98.8 Å². The molecule has 4 aliphatic carbocycles. The minimum Gasteiger partial charge on any atom is -0.461 e. The van der Waals surface area contributed by atoms with Gasteiger partial charge in [0.15, 0.2) is 5.69 Å². The van der Waals surface area contributed by atoms with Crippen LogP contribution in [0.2, 0.25) is 0 Å². The van der Waals surface area contributed by atoms with E-state index < -0.39 is 0 Å². The molecule has 1 heterocycles. The fraction of sp³-hybridized carbons (Fsp3) is 0.800. The molecule has 2 atom stereocenters. The van der Waals surface area contributed by atoms with Crippen LogP contribution in [0.4, 0.5) is 0 Å². The molecule has 4 nitrogen and oxygen atoms in total. The molecule has 0 aliphatic heterocycles. The summed E-state index contributed by atoms with van der Waals surface area (Å²) in [5.74, 6) is 2.67. The summed E-state index contributed by atoms with van der Waals surface area (Å²) in [4.78, 5) is 12.6. The van der Waals surface area contributed by atoms with Crippen molar-refractivity contribution in [1.29, 1.82) is 0 Å². The van der Waals surface area contributed by atoms with E-state index in [0.717, 1.165) is 24.8 Å². The van der Waals surface area contributed by atoms with Crippen molar-refractivity contribution in [2.24, 2.45) is 11.8 Å². The lowest BCUT2D eigenvalue weighted by molar-refractivity contribution is 0.0515. The van der Waals surface area contributed by atoms with Gasteiger partial charge in [-0.05, 0) is 63.2 Å². The highest BCUT2D eigenvalue weighted by Crippen LogP contribution is 2.56. The van der Waals surface area contributed by atoms with Gasteiger partial charge in [-0.25, -0.2) is 4.79 Å². The van der Waals surface area contributed by atoms with Gasteiger partial charge in [0.25, 0.3) is 0 Å². The van der Waals surface area contributed by atoms with Crippen LogP contribution in [0.25, 0.3) is 0 Å². The van der Waals surface area contributed by atoms with Gasteiger partial charge in [-0.2, -0.15) is 5.10 Å². The maximum atomic E-state index is 12.6. The van der Waals surface area contributed by atoms with Gasteiger partial charge in [0.2, 0.25) is 0 Å². The number of ether oxygens (including phenoxy) is 1. The summed E-state index contributed by atoms with van der Waals surface area (Å²) in [6, 6.07) is 0. The topological polar surface area (TPSA) is 44.1 Å². The molecule has 2 fully saturated rings. The lowest BCUT2D eigenvalue weighted by atomic mass is 9.67. The van der Waals surface area contributed by atoms with Gasteiger partial charge in [0.1, 0.15) is 0 Å². The first-order valence-electron chi connectivity index (χ1n) is 9.98. The maximum absolute atomic E-state index is 12.6. The van der Waals surface area contributed by atoms with E-state index in [1.54, 1.807) is 0 Å². The minimum atomic E-state index is -0.204. The fourth-order valence-corrected chi connectivity index (χ4v) is 5.66. The van der Waals surface area contributed by atoms with E-state index in [1.807, 2.05) is 6.92 Å². The smallest absolute Gasteiger partial charge is 0.359 e. The maximum Gasteiger partial charge on any atom is 0.359 e.